The third-order valence-corrected chi connectivity index (χ3v) is 3.56. The van der Waals surface area contributed by atoms with E-state index in [0.717, 1.165) is 19.4 Å². The summed E-state index contributed by atoms with van der Waals surface area (Å²) in [5.41, 5.74) is 0.914. The minimum Gasteiger partial charge on any atom is -0.345 e. The molecule has 1 fully saturated rings. The quantitative estimate of drug-likeness (QED) is 0.721. The van der Waals surface area contributed by atoms with Crippen molar-refractivity contribution in [1.29, 1.82) is 0 Å². The Balaban J connectivity index is 2.43. The van der Waals surface area contributed by atoms with E-state index in [9.17, 15) is 4.79 Å². The Bertz CT molecular complexity index is 360. The Morgan fingerprint density at radius 1 is 1.33 bits per heavy atom. The summed E-state index contributed by atoms with van der Waals surface area (Å²) in [6.45, 7) is 2.98. The van der Waals surface area contributed by atoms with E-state index >= 15 is 0 Å². The molecule has 0 aliphatic carbocycles. The topological polar surface area (TPSA) is 20.3 Å². The molecule has 2 rings (SSSR count). The molecule has 1 saturated heterocycles. The number of likely N-dealkylation sites (tertiary alicyclic amines) is 1. The fraction of sp³-hybridized carbons (Fsp3) is 0.462. The van der Waals surface area contributed by atoms with Crippen molar-refractivity contribution in [2.75, 3.05) is 13.6 Å². The second-order valence-corrected chi connectivity index (χ2v) is 4.28. The molecule has 0 aromatic heterocycles. The van der Waals surface area contributed by atoms with Crippen LogP contribution in [0.15, 0.2) is 30.3 Å². The minimum absolute atomic E-state index is 0.254. The van der Waals surface area contributed by atoms with E-state index in [2.05, 4.69) is 19.1 Å². The maximum Gasteiger partial charge on any atom is 0.233 e. The van der Waals surface area contributed by atoms with Crippen molar-refractivity contribution in [3.63, 3.8) is 0 Å². The van der Waals surface area contributed by atoms with Gasteiger partial charge in [-0.05, 0) is 18.4 Å². The summed E-state index contributed by atoms with van der Waals surface area (Å²) in [6.07, 6.45) is 1.84. The van der Waals surface area contributed by atoms with Crippen molar-refractivity contribution in [2.45, 2.75) is 25.2 Å². The smallest absolute Gasteiger partial charge is 0.233 e. The zero-order valence-electron chi connectivity index (χ0n) is 9.36. The molecule has 2 nitrogen and oxygen atoms in total. The molecule has 1 atom stereocenters. The number of carbonyl (C=O) groups excluding carboxylic acids is 1. The Kier molecular flexibility index (Phi) is 2.51. The van der Waals surface area contributed by atoms with Crippen molar-refractivity contribution in [1.82, 2.24) is 4.90 Å². The molecular formula is C13H17NO. The van der Waals surface area contributed by atoms with E-state index in [1.165, 1.54) is 5.56 Å². The van der Waals surface area contributed by atoms with Crippen LogP contribution in [-0.4, -0.2) is 24.4 Å². The number of amides is 1. The van der Waals surface area contributed by atoms with E-state index in [1.807, 2.05) is 30.1 Å². The van der Waals surface area contributed by atoms with Crippen LogP contribution in [0.3, 0.4) is 0 Å². The van der Waals surface area contributed by atoms with E-state index in [4.69, 9.17) is 0 Å². The van der Waals surface area contributed by atoms with Crippen LogP contribution in [0.5, 0.6) is 0 Å². The molecule has 1 aliphatic heterocycles. The normalized spacial score (nSPS) is 26.0. The molecule has 1 aliphatic rings. The molecule has 0 N–H and O–H groups in total. The molecule has 2 heteroatoms. The van der Waals surface area contributed by atoms with Gasteiger partial charge in [0, 0.05) is 13.6 Å². The van der Waals surface area contributed by atoms with Gasteiger partial charge in [0.2, 0.25) is 5.91 Å². The average Bonchev–Trinajstić information content (AvgIpc) is 2.59. The van der Waals surface area contributed by atoms with Gasteiger partial charge < -0.3 is 4.90 Å². The highest BCUT2D eigenvalue weighted by Crippen LogP contribution is 2.37. The summed E-state index contributed by atoms with van der Waals surface area (Å²) in [7, 11) is 1.89. The van der Waals surface area contributed by atoms with Crippen molar-refractivity contribution < 1.29 is 4.79 Å². The molecule has 1 unspecified atom stereocenters. The van der Waals surface area contributed by atoms with Gasteiger partial charge in [0.15, 0.2) is 0 Å². The summed E-state index contributed by atoms with van der Waals surface area (Å²) in [5.74, 6) is 0.274. The molecule has 1 aromatic rings. The van der Waals surface area contributed by atoms with E-state index in [-0.39, 0.29) is 11.3 Å². The van der Waals surface area contributed by atoms with Crippen molar-refractivity contribution in [3.05, 3.63) is 35.9 Å². The van der Waals surface area contributed by atoms with Crippen LogP contribution in [0.25, 0.3) is 0 Å². The van der Waals surface area contributed by atoms with Gasteiger partial charge in [0.1, 0.15) is 0 Å². The van der Waals surface area contributed by atoms with Crippen LogP contribution < -0.4 is 0 Å². The predicted molar refractivity (Wildman–Crippen MR) is 60.7 cm³/mol. The maximum absolute atomic E-state index is 12.2. The number of hydrogen-bond donors (Lipinski definition) is 0. The van der Waals surface area contributed by atoms with Gasteiger partial charge in [-0.3, -0.25) is 4.79 Å². The fourth-order valence-corrected chi connectivity index (χ4v) is 2.49. The Morgan fingerprint density at radius 3 is 2.47 bits per heavy atom. The molecular weight excluding hydrogens is 186 g/mol. The number of benzene rings is 1. The molecule has 80 valence electrons. The van der Waals surface area contributed by atoms with Gasteiger partial charge in [-0.2, -0.15) is 0 Å². The second-order valence-electron chi connectivity index (χ2n) is 4.28. The molecule has 1 aromatic carbocycles. The zero-order valence-corrected chi connectivity index (χ0v) is 9.36. The van der Waals surface area contributed by atoms with Gasteiger partial charge in [0.25, 0.3) is 0 Å². The first-order valence-corrected chi connectivity index (χ1v) is 5.52. The number of carbonyl (C=O) groups is 1. The summed E-state index contributed by atoms with van der Waals surface area (Å²) in [6, 6.07) is 10.2. The number of rotatable bonds is 2. The maximum atomic E-state index is 12.2. The van der Waals surface area contributed by atoms with Gasteiger partial charge in [0.05, 0.1) is 5.41 Å². The first kappa shape index (κ1) is 10.2. The summed E-state index contributed by atoms with van der Waals surface area (Å²) in [5, 5.41) is 0. The SMILES string of the molecule is CCC1(c2ccccc2)CCN(C)C1=O. The van der Waals surface area contributed by atoms with E-state index < -0.39 is 0 Å². The number of likely N-dealkylation sites (N-methyl/N-ethyl adjacent to an activating group) is 1. The van der Waals surface area contributed by atoms with Crippen molar-refractivity contribution in [3.8, 4) is 0 Å². The minimum atomic E-state index is -0.254. The molecule has 1 heterocycles. The standard InChI is InChI=1S/C13H17NO/c1-3-13(9-10-14(2)12(13)15)11-7-5-4-6-8-11/h4-8H,3,9-10H2,1-2H3. The third kappa shape index (κ3) is 1.44. The monoisotopic (exact) mass is 203 g/mol. The van der Waals surface area contributed by atoms with Crippen molar-refractivity contribution >= 4 is 5.91 Å². The Labute approximate surface area is 90.9 Å². The highest BCUT2D eigenvalue weighted by molar-refractivity contribution is 5.90. The lowest BCUT2D eigenvalue weighted by Gasteiger charge is -2.26. The molecule has 1 amide bonds. The lowest BCUT2D eigenvalue weighted by Crippen LogP contribution is -2.35. The van der Waals surface area contributed by atoms with Crippen LogP contribution >= 0.6 is 0 Å². The number of nitrogens with zero attached hydrogens (tertiary/aromatic N) is 1. The van der Waals surface area contributed by atoms with Gasteiger partial charge >= 0.3 is 0 Å². The predicted octanol–water partition coefficient (Wildman–Crippen LogP) is 2.20. The first-order valence-electron chi connectivity index (χ1n) is 5.52. The highest BCUT2D eigenvalue weighted by Gasteiger charge is 2.44. The fourth-order valence-electron chi connectivity index (χ4n) is 2.49. The lowest BCUT2D eigenvalue weighted by molar-refractivity contribution is -0.131. The molecule has 0 spiro atoms. The third-order valence-electron chi connectivity index (χ3n) is 3.56. The van der Waals surface area contributed by atoms with Crippen LogP contribution in [0, 0.1) is 0 Å². The van der Waals surface area contributed by atoms with Gasteiger partial charge in [-0.1, -0.05) is 37.3 Å². The second kappa shape index (κ2) is 3.69. The largest absolute Gasteiger partial charge is 0.345 e. The Morgan fingerprint density at radius 2 is 2.00 bits per heavy atom. The van der Waals surface area contributed by atoms with Crippen LogP contribution in [0.1, 0.15) is 25.3 Å². The van der Waals surface area contributed by atoms with Crippen molar-refractivity contribution in [2.24, 2.45) is 0 Å². The number of hydrogen-bond acceptors (Lipinski definition) is 1. The van der Waals surface area contributed by atoms with E-state index in [1.54, 1.807) is 0 Å². The summed E-state index contributed by atoms with van der Waals surface area (Å²) >= 11 is 0. The molecule has 15 heavy (non-hydrogen) atoms. The van der Waals surface area contributed by atoms with Crippen LogP contribution in [0.2, 0.25) is 0 Å². The van der Waals surface area contributed by atoms with E-state index in [0.29, 0.717) is 0 Å². The van der Waals surface area contributed by atoms with Gasteiger partial charge in [-0.25, -0.2) is 0 Å². The molecule has 0 bridgehead atoms. The molecule has 0 radical (unpaired) electrons. The average molecular weight is 203 g/mol. The zero-order chi connectivity index (χ0) is 10.9. The first-order chi connectivity index (χ1) is 7.20. The van der Waals surface area contributed by atoms with Crippen LogP contribution in [-0.2, 0) is 10.2 Å². The Hall–Kier alpha value is -1.31. The van der Waals surface area contributed by atoms with Crippen LogP contribution in [0.4, 0.5) is 0 Å². The van der Waals surface area contributed by atoms with Gasteiger partial charge in [-0.15, -0.1) is 0 Å². The lowest BCUT2D eigenvalue weighted by atomic mass is 9.77. The molecule has 0 saturated carbocycles. The summed E-state index contributed by atoms with van der Waals surface area (Å²) in [4.78, 5) is 14.0. The summed E-state index contributed by atoms with van der Waals surface area (Å²) < 4.78 is 0. The highest BCUT2D eigenvalue weighted by atomic mass is 16.2.